The fourth-order valence-corrected chi connectivity index (χ4v) is 5.04. The summed E-state index contributed by atoms with van der Waals surface area (Å²) in [5.41, 5.74) is 0.761. The molecule has 2 aromatic carbocycles. The number of methoxy groups -OCH3 is 1. The summed E-state index contributed by atoms with van der Waals surface area (Å²) < 4.78 is 10.6. The Hall–Kier alpha value is -3.72. The van der Waals surface area contributed by atoms with Crippen molar-refractivity contribution in [1.29, 1.82) is 0 Å². The highest BCUT2D eigenvalue weighted by Gasteiger charge is 2.50. The van der Waals surface area contributed by atoms with Crippen molar-refractivity contribution in [2.75, 3.05) is 13.7 Å². The Morgan fingerprint density at radius 3 is 2.05 bits per heavy atom. The lowest BCUT2D eigenvalue weighted by Gasteiger charge is -2.25. The van der Waals surface area contributed by atoms with Crippen molar-refractivity contribution < 1.29 is 28.7 Å². The highest BCUT2D eigenvalue weighted by Crippen LogP contribution is 2.29. The molecule has 3 amide bonds. The lowest BCUT2D eigenvalue weighted by atomic mass is 9.94. The molecular formula is C31H39N3O6. The van der Waals surface area contributed by atoms with Crippen LogP contribution in [-0.4, -0.2) is 60.9 Å². The van der Waals surface area contributed by atoms with Gasteiger partial charge >= 0.3 is 0 Å². The Kier molecular flexibility index (Phi) is 9.58. The third kappa shape index (κ3) is 7.69. The van der Waals surface area contributed by atoms with Gasteiger partial charge in [-0.2, -0.15) is 0 Å². The van der Waals surface area contributed by atoms with E-state index < -0.39 is 35.5 Å². The van der Waals surface area contributed by atoms with Gasteiger partial charge in [0, 0.05) is 12.3 Å². The van der Waals surface area contributed by atoms with Gasteiger partial charge in [-0.25, -0.2) is 0 Å². The fourth-order valence-electron chi connectivity index (χ4n) is 5.04. The van der Waals surface area contributed by atoms with Crippen molar-refractivity contribution in [2.24, 2.45) is 5.92 Å². The van der Waals surface area contributed by atoms with Crippen molar-refractivity contribution >= 4 is 23.5 Å². The van der Waals surface area contributed by atoms with Crippen LogP contribution in [0.15, 0.2) is 54.6 Å². The first kappa shape index (κ1) is 29.3. The average Bonchev–Trinajstić information content (AvgIpc) is 3.47. The van der Waals surface area contributed by atoms with E-state index in [-0.39, 0.29) is 24.0 Å². The van der Waals surface area contributed by atoms with Gasteiger partial charge in [-0.05, 0) is 56.4 Å². The number of carbonyl (C=O) groups excluding carboxylic acids is 4. The molecule has 9 nitrogen and oxygen atoms in total. The quantitative estimate of drug-likeness (QED) is 0.330. The molecule has 0 bridgehead atoms. The molecule has 0 spiro atoms. The lowest BCUT2D eigenvalue weighted by molar-refractivity contribution is -0.134. The topological polar surface area (TPSA) is 126 Å². The van der Waals surface area contributed by atoms with Crippen LogP contribution in [0.3, 0.4) is 0 Å². The number of Topliss-reactive ketones (excluding diaryl/α,β-unsaturated/α-hetero) is 1. The van der Waals surface area contributed by atoms with Gasteiger partial charge in [-0.15, -0.1) is 0 Å². The van der Waals surface area contributed by atoms with Crippen LogP contribution in [0.1, 0.15) is 50.7 Å². The number of hydrogen-bond acceptors (Lipinski definition) is 6. The van der Waals surface area contributed by atoms with Crippen LogP contribution in [0.5, 0.6) is 5.75 Å². The van der Waals surface area contributed by atoms with Crippen LogP contribution in [0.2, 0.25) is 0 Å². The molecule has 4 rings (SSSR count). The zero-order chi connectivity index (χ0) is 28.7. The maximum atomic E-state index is 13.7. The summed E-state index contributed by atoms with van der Waals surface area (Å²) in [5, 5.41) is 8.50. The number of amides is 3. The molecule has 2 fully saturated rings. The monoisotopic (exact) mass is 549 g/mol. The fraction of sp³-hybridized carbons (Fsp3) is 0.484. The molecule has 1 aliphatic heterocycles. The van der Waals surface area contributed by atoms with E-state index in [0.29, 0.717) is 18.8 Å². The third-order valence-corrected chi connectivity index (χ3v) is 7.72. The summed E-state index contributed by atoms with van der Waals surface area (Å²) in [6, 6.07) is 14.0. The van der Waals surface area contributed by atoms with E-state index in [4.69, 9.17) is 9.47 Å². The summed E-state index contributed by atoms with van der Waals surface area (Å²) in [5.74, 6) is -0.716. The van der Waals surface area contributed by atoms with Gasteiger partial charge in [0.05, 0.1) is 19.8 Å². The molecule has 214 valence electrons. The van der Waals surface area contributed by atoms with Crippen LogP contribution >= 0.6 is 0 Å². The van der Waals surface area contributed by atoms with Gasteiger partial charge in [0.25, 0.3) is 0 Å². The molecule has 1 saturated carbocycles. The first-order chi connectivity index (χ1) is 19.2. The largest absolute Gasteiger partial charge is 0.497 e. The second-order valence-electron chi connectivity index (χ2n) is 11.0. The molecule has 2 aromatic rings. The van der Waals surface area contributed by atoms with E-state index in [1.165, 1.54) is 0 Å². The number of nitrogens with one attached hydrogen (secondary N) is 3. The van der Waals surface area contributed by atoms with Crippen LogP contribution < -0.4 is 20.7 Å². The first-order valence-electron chi connectivity index (χ1n) is 13.9. The molecule has 3 N–H and O–H groups in total. The Morgan fingerprint density at radius 2 is 1.45 bits per heavy atom. The number of ether oxygens (including phenoxy) is 2. The van der Waals surface area contributed by atoms with Crippen LogP contribution in [0, 0.1) is 5.92 Å². The number of ketones is 1. The van der Waals surface area contributed by atoms with E-state index in [9.17, 15) is 19.2 Å². The van der Waals surface area contributed by atoms with E-state index in [1.54, 1.807) is 33.1 Å². The van der Waals surface area contributed by atoms with Gasteiger partial charge in [0.1, 0.15) is 23.4 Å². The minimum Gasteiger partial charge on any atom is -0.497 e. The highest BCUT2D eigenvalue weighted by atomic mass is 16.6. The number of hydrogen-bond donors (Lipinski definition) is 3. The summed E-state index contributed by atoms with van der Waals surface area (Å²) in [4.78, 5) is 52.7. The Labute approximate surface area is 235 Å². The number of benzene rings is 2. The Balaban J connectivity index is 1.50. The first-order valence-corrected chi connectivity index (χ1v) is 13.9. The summed E-state index contributed by atoms with van der Waals surface area (Å²) in [6.07, 6.45) is 4.14. The molecule has 1 heterocycles. The van der Waals surface area contributed by atoms with Crippen molar-refractivity contribution in [1.82, 2.24) is 16.0 Å². The molecule has 1 saturated heterocycles. The van der Waals surface area contributed by atoms with E-state index in [0.717, 1.165) is 36.8 Å². The zero-order valence-corrected chi connectivity index (χ0v) is 23.4. The summed E-state index contributed by atoms with van der Waals surface area (Å²) in [6.45, 7) is 3.62. The molecule has 0 aromatic heterocycles. The lowest BCUT2D eigenvalue weighted by Crippen LogP contribution is -2.57. The second kappa shape index (κ2) is 13.1. The van der Waals surface area contributed by atoms with Crippen molar-refractivity contribution in [2.45, 2.75) is 76.1 Å². The predicted molar refractivity (Wildman–Crippen MR) is 150 cm³/mol. The SMILES string of the molecule is COc1ccc(CC(NC(=O)C(C)NC(=O)C2CCCC2)C(=O)NC(Cc2ccccc2)C(=O)C2(C)CO2)cc1. The number of epoxide rings is 1. The van der Waals surface area contributed by atoms with Gasteiger partial charge in [-0.3, -0.25) is 19.2 Å². The third-order valence-electron chi connectivity index (χ3n) is 7.72. The van der Waals surface area contributed by atoms with Crippen molar-refractivity contribution in [3.05, 3.63) is 65.7 Å². The molecule has 40 heavy (non-hydrogen) atoms. The summed E-state index contributed by atoms with van der Waals surface area (Å²) in [7, 11) is 1.57. The molecule has 1 aliphatic carbocycles. The standard InChI is InChI=1S/C31H39N3O6/c1-20(32-29(37)23-11-7-8-12-23)28(36)34-26(18-22-13-15-24(39-3)16-14-22)30(38)33-25(27(35)31(2)19-40-31)17-21-9-5-4-6-10-21/h4-6,9-10,13-16,20,23,25-26H,7-8,11-12,17-19H2,1-3H3,(H,32,37)(H,33,38)(H,34,36). The molecular weight excluding hydrogens is 510 g/mol. The van der Waals surface area contributed by atoms with E-state index in [1.807, 2.05) is 42.5 Å². The minimum absolute atomic E-state index is 0.0793. The van der Waals surface area contributed by atoms with Gasteiger partial charge < -0.3 is 25.4 Å². The Bertz CT molecular complexity index is 1190. The maximum Gasteiger partial charge on any atom is 0.243 e. The van der Waals surface area contributed by atoms with Crippen LogP contribution in [-0.2, 0) is 36.8 Å². The van der Waals surface area contributed by atoms with E-state index >= 15 is 0 Å². The normalized spacial score (nSPS) is 20.6. The number of carbonyl (C=O) groups is 4. The van der Waals surface area contributed by atoms with Gasteiger partial charge in [0.2, 0.25) is 17.7 Å². The van der Waals surface area contributed by atoms with E-state index in [2.05, 4.69) is 16.0 Å². The number of rotatable bonds is 13. The summed E-state index contributed by atoms with van der Waals surface area (Å²) >= 11 is 0. The zero-order valence-electron chi connectivity index (χ0n) is 23.4. The van der Waals surface area contributed by atoms with Gasteiger partial charge in [0.15, 0.2) is 5.78 Å². The van der Waals surface area contributed by atoms with Crippen molar-refractivity contribution in [3.8, 4) is 5.75 Å². The van der Waals surface area contributed by atoms with Gasteiger partial charge in [-0.1, -0.05) is 55.3 Å². The molecule has 4 unspecified atom stereocenters. The minimum atomic E-state index is -0.981. The van der Waals surface area contributed by atoms with Crippen LogP contribution in [0.25, 0.3) is 0 Å². The maximum absolute atomic E-state index is 13.7. The molecule has 4 atom stereocenters. The highest BCUT2D eigenvalue weighted by molar-refractivity contribution is 5.98. The molecule has 2 aliphatic rings. The van der Waals surface area contributed by atoms with Crippen LogP contribution in [0.4, 0.5) is 0 Å². The van der Waals surface area contributed by atoms with Crippen molar-refractivity contribution in [3.63, 3.8) is 0 Å². The average molecular weight is 550 g/mol. The molecule has 9 heteroatoms. The smallest absolute Gasteiger partial charge is 0.243 e. The predicted octanol–water partition coefficient (Wildman–Crippen LogP) is 2.50. The Morgan fingerprint density at radius 1 is 0.875 bits per heavy atom. The second-order valence-corrected chi connectivity index (χ2v) is 11.0. The molecule has 0 radical (unpaired) electrons.